The van der Waals surface area contributed by atoms with Crippen molar-refractivity contribution < 1.29 is 24.5 Å². The minimum atomic E-state index is -0.926. The van der Waals surface area contributed by atoms with Gasteiger partial charge in [0.25, 0.3) is 0 Å². The van der Waals surface area contributed by atoms with Gasteiger partial charge in [0.1, 0.15) is 30.3 Å². The van der Waals surface area contributed by atoms with Gasteiger partial charge in [0.2, 0.25) is 0 Å². The van der Waals surface area contributed by atoms with Crippen LogP contribution < -0.4 is 14.8 Å². The molecule has 3 aromatic rings. The van der Waals surface area contributed by atoms with E-state index in [1.54, 1.807) is 12.1 Å². The Morgan fingerprint density at radius 1 is 1.09 bits per heavy atom. The van der Waals surface area contributed by atoms with Gasteiger partial charge in [0.15, 0.2) is 0 Å². The van der Waals surface area contributed by atoms with Crippen molar-refractivity contribution >= 4 is 21.9 Å². The standard InChI is InChI=1S/C26H26BrNO5/c27-21-7-10-23(11-8-21)32-16-22(29)14-28-15-24-9-5-20-13-19(6-12-25(20)33-24)17-1-3-18(4-2-17)26(30)31/h1-4,6-8,10-13,22,24,28-29H,5,9,14-16H2,(H,30,31). The van der Waals surface area contributed by atoms with Crippen LogP contribution in [0.5, 0.6) is 11.5 Å². The normalized spacial score (nSPS) is 15.9. The lowest BCUT2D eigenvalue weighted by atomic mass is 9.96. The van der Waals surface area contributed by atoms with Crippen molar-refractivity contribution in [3.8, 4) is 22.6 Å². The molecule has 172 valence electrons. The fraction of sp³-hybridized carbons (Fsp3) is 0.269. The number of aromatic carboxylic acids is 1. The van der Waals surface area contributed by atoms with Crippen LogP contribution in [0.15, 0.2) is 71.2 Å². The fourth-order valence-corrected chi connectivity index (χ4v) is 4.03. The summed E-state index contributed by atoms with van der Waals surface area (Å²) < 4.78 is 12.7. The third-order valence-corrected chi connectivity index (χ3v) is 6.09. The third-order valence-electron chi connectivity index (χ3n) is 5.56. The first-order chi connectivity index (χ1) is 16.0. The number of carbonyl (C=O) groups is 1. The third kappa shape index (κ3) is 6.35. The van der Waals surface area contributed by atoms with Crippen LogP contribution in [-0.2, 0) is 6.42 Å². The number of carboxylic acid groups (broad SMARTS) is 1. The molecule has 0 saturated carbocycles. The number of aliphatic hydroxyl groups excluding tert-OH is 1. The first kappa shape index (κ1) is 23.3. The first-order valence-electron chi connectivity index (χ1n) is 10.9. The maximum atomic E-state index is 11.0. The highest BCUT2D eigenvalue weighted by Gasteiger charge is 2.20. The van der Waals surface area contributed by atoms with Gasteiger partial charge in [0.05, 0.1) is 5.56 Å². The molecule has 2 unspecified atom stereocenters. The van der Waals surface area contributed by atoms with Crippen LogP contribution in [0.4, 0.5) is 0 Å². The summed E-state index contributed by atoms with van der Waals surface area (Å²) in [4.78, 5) is 11.0. The van der Waals surface area contributed by atoms with Gasteiger partial charge in [-0.15, -0.1) is 0 Å². The number of hydrogen-bond acceptors (Lipinski definition) is 5. The van der Waals surface area contributed by atoms with E-state index < -0.39 is 12.1 Å². The van der Waals surface area contributed by atoms with E-state index in [1.165, 1.54) is 0 Å². The molecule has 0 spiro atoms. The Bertz CT molecular complexity index is 1080. The average Bonchev–Trinajstić information content (AvgIpc) is 2.83. The summed E-state index contributed by atoms with van der Waals surface area (Å²) in [5.74, 6) is 0.671. The maximum absolute atomic E-state index is 11.0. The van der Waals surface area contributed by atoms with Crippen molar-refractivity contribution in [1.82, 2.24) is 5.32 Å². The van der Waals surface area contributed by atoms with E-state index in [0.29, 0.717) is 13.1 Å². The molecule has 0 amide bonds. The molecule has 0 aliphatic carbocycles. The van der Waals surface area contributed by atoms with E-state index in [4.69, 9.17) is 14.6 Å². The van der Waals surface area contributed by atoms with Gasteiger partial charge < -0.3 is 25.0 Å². The highest BCUT2D eigenvalue weighted by molar-refractivity contribution is 9.10. The number of nitrogens with one attached hydrogen (secondary N) is 1. The van der Waals surface area contributed by atoms with Crippen molar-refractivity contribution in [3.63, 3.8) is 0 Å². The maximum Gasteiger partial charge on any atom is 0.335 e. The zero-order valence-corrected chi connectivity index (χ0v) is 19.6. The summed E-state index contributed by atoms with van der Waals surface area (Å²) >= 11 is 3.38. The van der Waals surface area contributed by atoms with E-state index in [-0.39, 0.29) is 18.3 Å². The number of carboxylic acids is 1. The Kier molecular flexibility index (Phi) is 7.65. The number of rotatable bonds is 9. The number of ether oxygens (including phenoxy) is 2. The van der Waals surface area contributed by atoms with Crippen molar-refractivity contribution in [2.45, 2.75) is 25.0 Å². The minimum Gasteiger partial charge on any atom is -0.491 e. The Morgan fingerprint density at radius 2 is 1.82 bits per heavy atom. The summed E-state index contributed by atoms with van der Waals surface area (Å²) in [6, 6.07) is 20.5. The van der Waals surface area contributed by atoms with Crippen molar-refractivity contribution in [1.29, 1.82) is 0 Å². The van der Waals surface area contributed by atoms with Crippen LogP contribution in [0.25, 0.3) is 11.1 Å². The molecule has 3 N–H and O–H groups in total. The molecule has 0 aromatic heterocycles. The van der Waals surface area contributed by atoms with Crippen LogP contribution in [0.3, 0.4) is 0 Å². The van der Waals surface area contributed by atoms with Gasteiger partial charge in [-0.2, -0.15) is 0 Å². The zero-order valence-electron chi connectivity index (χ0n) is 18.0. The second-order valence-corrected chi connectivity index (χ2v) is 8.98. The number of fused-ring (bicyclic) bond motifs is 1. The number of halogens is 1. The molecule has 0 saturated heterocycles. The predicted octanol–water partition coefficient (Wildman–Crippen LogP) is 4.54. The summed E-state index contributed by atoms with van der Waals surface area (Å²) in [5.41, 5.74) is 3.44. The van der Waals surface area contributed by atoms with Crippen molar-refractivity contribution in [3.05, 3.63) is 82.3 Å². The molecule has 1 heterocycles. The quantitative estimate of drug-likeness (QED) is 0.391. The number of benzene rings is 3. The lowest BCUT2D eigenvalue weighted by Crippen LogP contribution is -2.39. The van der Waals surface area contributed by atoms with E-state index in [2.05, 4.69) is 27.3 Å². The number of hydrogen-bond donors (Lipinski definition) is 3. The topological polar surface area (TPSA) is 88.0 Å². The van der Waals surface area contributed by atoms with Crippen LogP contribution in [0, 0.1) is 0 Å². The van der Waals surface area contributed by atoms with Gasteiger partial charge in [-0.05, 0) is 78.1 Å². The Balaban J connectivity index is 1.24. The molecule has 0 fully saturated rings. The molecule has 3 aromatic carbocycles. The van der Waals surface area contributed by atoms with Crippen LogP contribution >= 0.6 is 15.9 Å². The van der Waals surface area contributed by atoms with Gasteiger partial charge >= 0.3 is 5.97 Å². The monoisotopic (exact) mass is 511 g/mol. The SMILES string of the molecule is O=C(O)c1ccc(-c2ccc3c(c2)CCC(CNCC(O)COc2ccc(Br)cc2)O3)cc1. The number of aryl methyl sites for hydroxylation is 1. The molecule has 1 aliphatic heterocycles. The molecule has 2 atom stereocenters. The smallest absolute Gasteiger partial charge is 0.335 e. The van der Waals surface area contributed by atoms with E-state index in [1.807, 2.05) is 48.5 Å². The van der Waals surface area contributed by atoms with Gasteiger partial charge in [-0.1, -0.05) is 34.1 Å². The molecule has 4 rings (SSSR count). The minimum absolute atomic E-state index is 0.0396. The molecule has 0 radical (unpaired) electrons. The molecule has 7 heteroatoms. The second kappa shape index (κ2) is 10.8. The summed E-state index contributed by atoms with van der Waals surface area (Å²) in [6.07, 6.45) is 1.21. The molecular formula is C26H26BrNO5. The van der Waals surface area contributed by atoms with Crippen LogP contribution in [-0.4, -0.2) is 48.1 Å². The van der Waals surface area contributed by atoms with Crippen molar-refractivity contribution in [2.75, 3.05) is 19.7 Å². The lowest BCUT2D eigenvalue weighted by Gasteiger charge is -2.27. The molecule has 6 nitrogen and oxygen atoms in total. The summed E-state index contributed by atoms with van der Waals surface area (Å²) in [5, 5.41) is 22.5. The van der Waals surface area contributed by atoms with Gasteiger partial charge in [-0.25, -0.2) is 4.79 Å². The van der Waals surface area contributed by atoms with Crippen molar-refractivity contribution in [2.24, 2.45) is 0 Å². The summed E-state index contributed by atoms with van der Waals surface area (Å²) in [6.45, 7) is 1.29. The Labute approximate surface area is 201 Å². The molecule has 1 aliphatic rings. The average molecular weight is 512 g/mol. The molecule has 33 heavy (non-hydrogen) atoms. The van der Waals surface area contributed by atoms with Crippen LogP contribution in [0.1, 0.15) is 22.3 Å². The Hall–Kier alpha value is -2.87. The molecular weight excluding hydrogens is 486 g/mol. The second-order valence-electron chi connectivity index (χ2n) is 8.06. The number of aliphatic hydroxyl groups is 1. The van der Waals surface area contributed by atoms with Crippen LogP contribution in [0.2, 0.25) is 0 Å². The molecule has 0 bridgehead atoms. The predicted molar refractivity (Wildman–Crippen MR) is 130 cm³/mol. The van der Waals surface area contributed by atoms with E-state index in [0.717, 1.165) is 45.5 Å². The first-order valence-corrected chi connectivity index (χ1v) is 11.7. The largest absolute Gasteiger partial charge is 0.491 e. The van der Waals surface area contributed by atoms with E-state index >= 15 is 0 Å². The highest BCUT2D eigenvalue weighted by Crippen LogP contribution is 2.32. The van der Waals surface area contributed by atoms with E-state index in [9.17, 15) is 9.90 Å². The Morgan fingerprint density at radius 3 is 2.55 bits per heavy atom. The zero-order chi connectivity index (χ0) is 23.2. The summed E-state index contributed by atoms with van der Waals surface area (Å²) in [7, 11) is 0. The lowest BCUT2D eigenvalue weighted by molar-refractivity contribution is 0.0697. The fourth-order valence-electron chi connectivity index (χ4n) is 3.77. The van der Waals surface area contributed by atoms with Gasteiger partial charge in [-0.3, -0.25) is 0 Å². The highest BCUT2D eigenvalue weighted by atomic mass is 79.9. The van der Waals surface area contributed by atoms with Gasteiger partial charge in [0, 0.05) is 17.6 Å².